The van der Waals surface area contributed by atoms with Crippen molar-refractivity contribution in [1.29, 1.82) is 0 Å². The molecule has 3 aromatic rings. The molecule has 2 aliphatic heterocycles. The van der Waals surface area contributed by atoms with Crippen LogP contribution in [0.4, 0.5) is 4.79 Å². The topological polar surface area (TPSA) is 231 Å². The fraction of sp³-hybridized carbons (Fsp3) is 0.520. The third-order valence-corrected chi connectivity index (χ3v) is 16.2. The summed E-state index contributed by atoms with van der Waals surface area (Å²) in [5, 5.41) is 5.38. The zero-order valence-electron chi connectivity index (χ0n) is 40.2. The quantitative estimate of drug-likeness (QED) is 0.0455. The van der Waals surface area contributed by atoms with Crippen LogP contribution >= 0.6 is 0 Å². The molecule has 2 saturated carbocycles. The molecule has 4 aliphatic rings. The SMILES string of the molecule is Cc1c(C)c(S(=O)(=O)NC(N)=NCCC[C@H](NC(=O)OCC2=Cc3ccccc3S2(=O)=O)C(=O)N[C@@H](Cc2ccc(OC(C)(C)C)cc2)C(=O)OC(C2CC2)C2CC2)c(C)c2c1OC(C)(C)CC2. The molecule has 16 nitrogen and oxygen atoms in total. The second kappa shape index (κ2) is 19.8. The van der Waals surface area contributed by atoms with Gasteiger partial charge >= 0.3 is 12.1 Å². The van der Waals surface area contributed by atoms with Gasteiger partial charge in [-0.1, -0.05) is 30.3 Å². The van der Waals surface area contributed by atoms with Gasteiger partial charge in [-0.2, -0.15) is 0 Å². The molecular weight excluding hydrogens is 911 g/mol. The number of sulfonamides is 1. The summed E-state index contributed by atoms with van der Waals surface area (Å²) < 4.78 is 80.2. The van der Waals surface area contributed by atoms with Gasteiger partial charge in [0.05, 0.1) is 14.7 Å². The number of fused-ring (bicyclic) bond motifs is 2. The third-order valence-electron chi connectivity index (χ3n) is 12.7. The van der Waals surface area contributed by atoms with E-state index in [0.717, 1.165) is 42.4 Å². The summed E-state index contributed by atoms with van der Waals surface area (Å²) in [6, 6.07) is 11.1. The van der Waals surface area contributed by atoms with Crippen LogP contribution in [-0.4, -0.2) is 83.3 Å². The molecule has 0 saturated heterocycles. The van der Waals surface area contributed by atoms with E-state index in [4.69, 9.17) is 24.7 Å². The number of esters is 1. The Kier molecular flexibility index (Phi) is 14.6. The van der Waals surface area contributed by atoms with Gasteiger partial charge in [-0.15, -0.1) is 0 Å². The molecule has 5 N–H and O–H groups in total. The molecule has 0 bridgehead atoms. The van der Waals surface area contributed by atoms with Crippen LogP contribution in [-0.2, 0) is 51.8 Å². The van der Waals surface area contributed by atoms with Gasteiger partial charge in [0.2, 0.25) is 21.7 Å². The van der Waals surface area contributed by atoms with Crippen molar-refractivity contribution in [3.63, 3.8) is 0 Å². The van der Waals surface area contributed by atoms with E-state index in [1.165, 1.54) is 12.1 Å². The van der Waals surface area contributed by atoms with Gasteiger partial charge < -0.3 is 35.3 Å². The molecule has 3 aromatic carbocycles. The number of guanidine groups is 1. The molecule has 2 amide bonds. The van der Waals surface area contributed by atoms with Gasteiger partial charge in [0.15, 0.2) is 0 Å². The van der Waals surface area contributed by atoms with Crippen molar-refractivity contribution in [2.75, 3.05) is 13.2 Å². The number of hydrogen-bond acceptors (Lipinski definition) is 12. The van der Waals surface area contributed by atoms with E-state index < -0.39 is 62.1 Å². The number of carbonyl (C=O) groups is 3. The standard InChI is InChI=1S/C50H65N5O11S2/c1-29-30(2)44(31(3)38-23-24-50(7,8)66-42(29)38)68(61,62)55-47(51)52-25-11-13-39(54-48(58)63-28-37-27-35-12-9-10-14-41(35)67(37,59)60)45(56)53-40(46(57)64-43(33-17-18-33)34-19-20-34)26-32-15-21-36(22-16-32)65-49(4,5)6/h9-10,12,14-16,21-22,27,33-34,39-40,43H,11,13,17-20,23-26,28H2,1-8H3,(H,53,56)(H,54,58)(H3,51,52,55)/t39-,40-/m0/s1. The maximum atomic E-state index is 14.3. The van der Waals surface area contributed by atoms with Gasteiger partial charge in [0.1, 0.15) is 47.5 Å². The normalized spacial score (nSPS) is 18.2. The highest BCUT2D eigenvalue weighted by Gasteiger charge is 2.45. The van der Waals surface area contributed by atoms with Crippen molar-refractivity contribution < 1.29 is 50.2 Å². The van der Waals surface area contributed by atoms with Crippen LogP contribution < -0.4 is 30.6 Å². The van der Waals surface area contributed by atoms with Crippen LogP contribution in [0, 0.1) is 32.6 Å². The lowest BCUT2D eigenvalue weighted by Crippen LogP contribution is -2.53. The molecule has 2 heterocycles. The lowest BCUT2D eigenvalue weighted by atomic mass is 9.88. The van der Waals surface area contributed by atoms with Crippen molar-refractivity contribution in [1.82, 2.24) is 15.4 Å². The fourth-order valence-electron chi connectivity index (χ4n) is 8.80. The summed E-state index contributed by atoms with van der Waals surface area (Å²) in [5.41, 5.74) is 9.19. The number of hydrogen-bond donors (Lipinski definition) is 4. The number of sulfone groups is 1. The van der Waals surface area contributed by atoms with E-state index in [9.17, 15) is 31.2 Å². The summed E-state index contributed by atoms with van der Waals surface area (Å²) in [4.78, 5) is 46.1. The largest absolute Gasteiger partial charge is 0.488 e. The number of nitrogens with zero attached hydrogens (tertiary/aromatic N) is 1. The summed E-state index contributed by atoms with van der Waals surface area (Å²) >= 11 is 0. The minimum absolute atomic E-state index is 0.0666. The van der Waals surface area contributed by atoms with Gasteiger partial charge in [0, 0.05) is 13.0 Å². The Hall–Kier alpha value is -5.62. The Labute approximate surface area is 400 Å². The number of amides is 2. The van der Waals surface area contributed by atoms with E-state index >= 15 is 0 Å². The van der Waals surface area contributed by atoms with Crippen LogP contribution in [0.15, 0.2) is 68.2 Å². The maximum Gasteiger partial charge on any atom is 0.408 e. The van der Waals surface area contributed by atoms with E-state index in [-0.39, 0.29) is 70.0 Å². The summed E-state index contributed by atoms with van der Waals surface area (Å²) in [5.74, 6) is 0.184. The molecule has 0 spiro atoms. The van der Waals surface area contributed by atoms with E-state index in [0.29, 0.717) is 41.0 Å². The minimum Gasteiger partial charge on any atom is -0.488 e. The first-order valence-electron chi connectivity index (χ1n) is 23.3. The molecule has 368 valence electrons. The van der Waals surface area contributed by atoms with E-state index in [1.54, 1.807) is 44.2 Å². The number of carbonyl (C=O) groups excluding carboxylic acids is 3. The second-order valence-corrected chi connectivity index (χ2v) is 23.6. The Bertz CT molecular complexity index is 2710. The highest BCUT2D eigenvalue weighted by molar-refractivity contribution is 7.95. The number of rotatable bonds is 18. The zero-order chi connectivity index (χ0) is 49.3. The average Bonchev–Trinajstić information content (AvgIpc) is 4.20. The lowest BCUT2D eigenvalue weighted by molar-refractivity contribution is -0.155. The van der Waals surface area contributed by atoms with Crippen molar-refractivity contribution in [3.05, 3.63) is 86.8 Å². The van der Waals surface area contributed by atoms with Crippen LogP contribution in [0.2, 0.25) is 0 Å². The first-order chi connectivity index (χ1) is 31.9. The molecular formula is C50H65N5O11S2. The van der Waals surface area contributed by atoms with Gasteiger partial charge in [-0.25, -0.2) is 31.1 Å². The maximum absolute atomic E-state index is 14.3. The van der Waals surface area contributed by atoms with Crippen LogP contribution in [0.25, 0.3) is 6.08 Å². The van der Waals surface area contributed by atoms with Crippen molar-refractivity contribution in [2.24, 2.45) is 22.6 Å². The molecule has 68 heavy (non-hydrogen) atoms. The Morgan fingerprint density at radius 3 is 2.22 bits per heavy atom. The second-order valence-electron chi connectivity index (χ2n) is 20.0. The fourth-order valence-corrected chi connectivity index (χ4v) is 11.8. The third kappa shape index (κ3) is 12.1. The van der Waals surface area contributed by atoms with Gasteiger partial charge in [-0.05, 0) is 176 Å². The molecule has 2 atom stereocenters. The van der Waals surface area contributed by atoms with Crippen LogP contribution in [0.1, 0.15) is 113 Å². The van der Waals surface area contributed by atoms with E-state index in [2.05, 4.69) is 20.3 Å². The lowest BCUT2D eigenvalue weighted by Gasteiger charge is -2.35. The monoisotopic (exact) mass is 975 g/mol. The number of alkyl carbamates (subject to hydrolysis) is 1. The van der Waals surface area contributed by atoms with Crippen molar-refractivity contribution in [3.8, 4) is 11.5 Å². The number of ether oxygens (including phenoxy) is 4. The molecule has 7 rings (SSSR count). The summed E-state index contributed by atoms with van der Waals surface area (Å²) in [7, 11) is -8.10. The van der Waals surface area contributed by atoms with Crippen LogP contribution in [0.5, 0.6) is 11.5 Å². The highest BCUT2D eigenvalue weighted by Crippen LogP contribution is 2.46. The van der Waals surface area contributed by atoms with Crippen molar-refractivity contribution >= 4 is 49.9 Å². The summed E-state index contributed by atoms with van der Waals surface area (Å²) in [6.07, 6.45) is 5.44. The van der Waals surface area contributed by atoms with Gasteiger partial charge in [-0.3, -0.25) is 9.79 Å². The molecule has 0 radical (unpaired) electrons. The predicted molar refractivity (Wildman–Crippen MR) is 257 cm³/mol. The Balaban J connectivity index is 1.07. The number of benzene rings is 3. The first-order valence-corrected chi connectivity index (χ1v) is 26.3. The number of nitrogens with two attached hydrogens (primary N) is 1. The smallest absolute Gasteiger partial charge is 0.408 e. The number of aliphatic imine (C=N–C) groups is 1. The molecule has 0 aromatic heterocycles. The molecule has 0 unspecified atom stereocenters. The first kappa shape index (κ1) is 50.3. The molecule has 18 heteroatoms. The highest BCUT2D eigenvalue weighted by atomic mass is 32.2. The average molecular weight is 976 g/mol. The zero-order valence-corrected chi connectivity index (χ0v) is 41.8. The van der Waals surface area contributed by atoms with E-state index in [1.807, 2.05) is 53.7 Å². The van der Waals surface area contributed by atoms with Crippen LogP contribution in [0.3, 0.4) is 0 Å². The predicted octanol–water partition coefficient (Wildman–Crippen LogP) is 6.65. The summed E-state index contributed by atoms with van der Waals surface area (Å²) in [6.45, 7) is 14.5. The van der Waals surface area contributed by atoms with Crippen molar-refractivity contribution in [2.45, 2.75) is 152 Å². The Morgan fingerprint density at radius 1 is 0.926 bits per heavy atom. The van der Waals surface area contributed by atoms with Gasteiger partial charge in [0.25, 0.3) is 10.0 Å². The molecule has 2 fully saturated rings. The molecule has 2 aliphatic carbocycles. The minimum atomic E-state index is -4.19. The number of nitrogens with one attached hydrogen (secondary N) is 3. The Morgan fingerprint density at radius 2 is 1.59 bits per heavy atom.